The summed E-state index contributed by atoms with van der Waals surface area (Å²) in [7, 11) is 0. The summed E-state index contributed by atoms with van der Waals surface area (Å²) >= 11 is 12.2. The van der Waals surface area contributed by atoms with Crippen molar-refractivity contribution in [3.63, 3.8) is 0 Å². The summed E-state index contributed by atoms with van der Waals surface area (Å²) in [6, 6.07) is 8.25. The van der Waals surface area contributed by atoms with E-state index in [1.54, 1.807) is 36.4 Å². The molecular formula is C22H21Cl2NO3. The van der Waals surface area contributed by atoms with E-state index in [1.165, 1.54) is 6.42 Å². The van der Waals surface area contributed by atoms with Crippen molar-refractivity contribution >= 4 is 35.1 Å². The van der Waals surface area contributed by atoms with E-state index in [-0.39, 0.29) is 17.3 Å². The lowest BCUT2D eigenvalue weighted by Crippen LogP contribution is -2.33. The monoisotopic (exact) mass is 417 g/mol. The van der Waals surface area contributed by atoms with Gasteiger partial charge in [-0.25, -0.2) is 0 Å². The lowest BCUT2D eigenvalue weighted by Gasteiger charge is -2.31. The maximum Gasteiger partial charge on any atom is 0.231 e. The normalized spacial score (nSPS) is 21.0. The maximum absolute atomic E-state index is 12.8. The minimum absolute atomic E-state index is 0.149. The number of halogens is 2. The van der Waals surface area contributed by atoms with Crippen molar-refractivity contribution in [2.75, 3.05) is 13.1 Å². The Morgan fingerprint density at radius 3 is 2.86 bits per heavy atom. The van der Waals surface area contributed by atoms with Crippen molar-refractivity contribution in [3.8, 4) is 11.5 Å². The highest BCUT2D eigenvalue weighted by Gasteiger charge is 2.32. The third-order valence-electron chi connectivity index (χ3n) is 5.29. The average Bonchev–Trinajstić information content (AvgIpc) is 2.96. The second-order valence-electron chi connectivity index (χ2n) is 7.53. The number of carbonyl (C=O) groups excluding carboxylic acids is 1. The molecule has 0 spiro atoms. The number of likely N-dealkylation sites (tertiary alicyclic amines) is 1. The van der Waals surface area contributed by atoms with E-state index in [9.17, 15) is 9.90 Å². The van der Waals surface area contributed by atoms with Gasteiger partial charge in [0.15, 0.2) is 5.76 Å². The van der Waals surface area contributed by atoms with Crippen LogP contribution in [0.3, 0.4) is 0 Å². The predicted octanol–water partition coefficient (Wildman–Crippen LogP) is 5.55. The molecule has 0 amide bonds. The zero-order valence-electron chi connectivity index (χ0n) is 15.5. The van der Waals surface area contributed by atoms with E-state index in [1.807, 2.05) is 0 Å². The quantitative estimate of drug-likeness (QED) is 0.665. The molecule has 2 aromatic carbocycles. The topological polar surface area (TPSA) is 49.8 Å². The molecule has 1 fully saturated rings. The number of benzene rings is 2. The van der Waals surface area contributed by atoms with E-state index in [2.05, 4.69) is 11.8 Å². The Bertz CT molecular complexity index is 970. The summed E-state index contributed by atoms with van der Waals surface area (Å²) in [4.78, 5) is 15.1. The summed E-state index contributed by atoms with van der Waals surface area (Å²) in [5.41, 5.74) is 1.78. The van der Waals surface area contributed by atoms with Gasteiger partial charge in [-0.05, 0) is 61.2 Å². The minimum Gasteiger partial charge on any atom is -0.507 e. The number of ether oxygens (including phenoxy) is 1. The third-order valence-corrected chi connectivity index (χ3v) is 5.85. The second kappa shape index (κ2) is 7.78. The van der Waals surface area contributed by atoms with Gasteiger partial charge in [0, 0.05) is 23.1 Å². The van der Waals surface area contributed by atoms with Crippen LogP contribution in [-0.4, -0.2) is 28.9 Å². The molecule has 0 bridgehead atoms. The number of Topliss-reactive ketones (excluding diaryl/α,β-unsaturated/α-hetero) is 1. The molecule has 1 atom stereocenters. The van der Waals surface area contributed by atoms with Crippen molar-refractivity contribution in [1.29, 1.82) is 0 Å². The van der Waals surface area contributed by atoms with Crippen LogP contribution in [0.2, 0.25) is 10.0 Å². The molecule has 0 saturated carbocycles. The summed E-state index contributed by atoms with van der Waals surface area (Å²) in [6.07, 6.45) is 3.97. The minimum atomic E-state index is -0.214. The van der Waals surface area contributed by atoms with E-state index >= 15 is 0 Å². The van der Waals surface area contributed by atoms with Crippen LogP contribution in [0.15, 0.2) is 36.1 Å². The first-order chi connectivity index (χ1) is 13.4. The zero-order chi connectivity index (χ0) is 19.8. The largest absolute Gasteiger partial charge is 0.507 e. The number of hydrogen-bond acceptors (Lipinski definition) is 4. The molecule has 1 N–H and O–H groups in total. The molecule has 6 heteroatoms. The van der Waals surface area contributed by atoms with Crippen LogP contribution in [0.4, 0.5) is 0 Å². The molecule has 2 heterocycles. The van der Waals surface area contributed by atoms with E-state index in [0.717, 1.165) is 19.5 Å². The average molecular weight is 418 g/mol. The van der Waals surface area contributed by atoms with E-state index < -0.39 is 0 Å². The number of allylic oxidation sites excluding steroid dienone is 1. The van der Waals surface area contributed by atoms with Gasteiger partial charge in [-0.3, -0.25) is 9.69 Å². The Kier molecular flexibility index (Phi) is 5.37. The molecule has 146 valence electrons. The van der Waals surface area contributed by atoms with Crippen LogP contribution in [0, 0.1) is 5.92 Å². The van der Waals surface area contributed by atoms with Crippen LogP contribution < -0.4 is 4.74 Å². The smallest absolute Gasteiger partial charge is 0.231 e. The second-order valence-corrected chi connectivity index (χ2v) is 8.37. The van der Waals surface area contributed by atoms with Gasteiger partial charge in [-0.1, -0.05) is 36.2 Å². The number of hydrogen-bond donors (Lipinski definition) is 1. The maximum atomic E-state index is 12.8. The van der Waals surface area contributed by atoms with Gasteiger partial charge < -0.3 is 9.84 Å². The van der Waals surface area contributed by atoms with Crippen LogP contribution in [0.25, 0.3) is 6.08 Å². The van der Waals surface area contributed by atoms with Gasteiger partial charge in [0.05, 0.1) is 11.1 Å². The first-order valence-corrected chi connectivity index (χ1v) is 10.1. The van der Waals surface area contributed by atoms with Gasteiger partial charge in [-0.2, -0.15) is 0 Å². The third kappa shape index (κ3) is 3.77. The summed E-state index contributed by atoms with van der Waals surface area (Å²) < 4.78 is 5.92. The van der Waals surface area contributed by atoms with Crippen molar-refractivity contribution in [2.45, 2.75) is 26.3 Å². The van der Waals surface area contributed by atoms with Gasteiger partial charge >= 0.3 is 0 Å². The van der Waals surface area contributed by atoms with Crippen LogP contribution in [-0.2, 0) is 6.54 Å². The fourth-order valence-electron chi connectivity index (χ4n) is 3.86. The van der Waals surface area contributed by atoms with Gasteiger partial charge in [0.2, 0.25) is 5.78 Å². The number of ketones is 1. The molecule has 0 aromatic heterocycles. The van der Waals surface area contributed by atoms with Crippen molar-refractivity contribution in [2.24, 2.45) is 5.92 Å². The Labute approximate surface area is 174 Å². The SMILES string of the molecule is C[C@H]1CCCN(Cc2c(O)ccc3c2OC(=Cc2ccc(Cl)cc2Cl)C3=O)C1. The number of phenolic OH excluding ortho intramolecular Hbond substituents is 1. The molecule has 4 rings (SSSR count). The van der Waals surface area contributed by atoms with Crippen LogP contribution >= 0.6 is 23.2 Å². The molecule has 28 heavy (non-hydrogen) atoms. The summed E-state index contributed by atoms with van der Waals surface area (Å²) in [5.74, 6) is 1.19. The molecule has 0 radical (unpaired) electrons. The highest BCUT2D eigenvalue weighted by molar-refractivity contribution is 6.35. The highest BCUT2D eigenvalue weighted by Crippen LogP contribution is 2.41. The van der Waals surface area contributed by atoms with Crippen LogP contribution in [0.1, 0.15) is 41.3 Å². The summed E-state index contributed by atoms with van der Waals surface area (Å²) in [6.45, 7) is 4.74. The Morgan fingerprint density at radius 1 is 1.29 bits per heavy atom. The first-order valence-electron chi connectivity index (χ1n) is 9.39. The van der Waals surface area contributed by atoms with Gasteiger partial charge in [0.1, 0.15) is 11.5 Å². The van der Waals surface area contributed by atoms with Crippen molar-refractivity contribution in [3.05, 3.63) is 62.8 Å². The number of piperidine rings is 1. The highest BCUT2D eigenvalue weighted by atomic mass is 35.5. The van der Waals surface area contributed by atoms with Gasteiger partial charge in [-0.15, -0.1) is 0 Å². The van der Waals surface area contributed by atoms with Crippen LogP contribution in [0.5, 0.6) is 11.5 Å². The molecule has 4 nitrogen and oxygen atoms in total. The number of carbonyl (C=O) groups is 1. The number of fused-ring (bicyclic) bond motifs is 1. The van der Waals surface area contributed by atoms with Crippen molar-refractivity contribution in [1.82, 2.24) is 4.90 Å². The lowest BCUT2D eigenvalue weighted by atomic mass is 9.99. The molecule has 0 aliphatic carbocycles. The molecular weight excluding hydrogens is 397 g/mol. The predicted molar refractivity (Wildman–Crippen MR) is 111 cm³/mol. The Hall–Kier alpha value is -2.01. The van der Waals surface area contributed by atoms with Crippen molar-refractivity contribution < 1.29 is 14.6 Å². The van der Waals surface area contributed by atoms with E-state index in [4.69, 9.17) is 27.9 Å². The molecule has 2 aromatic rings. The number of nitrogens with zero attached hydrogens (tertiary/aromatic N) is 1. The van der Waals surface area contributed by atoms with Gasteiger partial charge in [0.25, 0.3) is 0 Å². The number of rotatable bonds is 3. The number of aromatic hydroxyl groups is 1. The number of phenols is 1. The van der Waals surface area contributed by atoms with E-state index in [0.29, 0.717) is 44.9 Å². The molecule has 2 aliphatic rings. The Morgan fingerprint density at radius 2 is 2.11 bits per heavy atom. The first kappa shape index (κ1) is 19.3. The Balaban J connectivity index is 1.65. The molecule has 0 unspecified atom stereocenters. The molecule has 1 saturated heterocycles. The summed E-state index contributed by atoms with van der Waals surface area (Å²) in [5, 5.41) is 11.4. The fourth-order valence-corrected chi connectivity index (χ4v) is 4.33. The molecule has 2 aliphatic heterocycles. The fraction of sp³-hybridized carbons (Fsp3) is 0.318. The standard InChI is InChI=1S/C22H21Cl2NO3/c1-13-3-2-8-25(11-13)12-17-19(26)7-6-16-21(27)20(28-22(16)17)9-14-4-5-15(23)10-18(14)24/h4-7,9-10,13,26H,2-3,8,11-12H2,1H3/t13-/m0/s1. The lowest BCUT2D eigenvalue weighted by molar-refractivity contribution is 0.101. The zero-order valence-corrected chi connectivity index (χ0v) is 17.1.